The molecule has 2 aliphatic heterocycles. The summed E-state index contributed by atoms with van der Waals surface area (Å²) in [5.41, 5.74) is 0. The van der Waals surface area contributed by atoms with E-state index in [0.717, 1.165) is 32.2 Å². The molecule has 2 unspecified atom stereocenters. The summed E-state index contributed by atoms with van der Waals surface area (Å²) < 4.78 is 30.8. The molecule has 2 atom stereocenters. The van der Waals surface area contributed by atoms with Crippen LogP contribution in [0.4, 0.5) is 0 Å². The Hall–Kier alpha value is -0.700. The van der Waals surface area contributed by atoms with Crippen molar-refractivity contribution in [1.29, 1.82) is 0 Å². The lowest BCUT2D eigenvalue weighted by Gasteiger charge is -2.32. The van der Waals surface area contributed by atoms with Gasteiger partial charge in [-0.15, -0.1) is 0 Å². The lowest BCUT2D eigenvalue weighted by molar-refractivity contribution is -0.123. The molecule has 0 radical (unpaired) electrons. The second-order valence-electron chi connectivity index (χ2n) is 6.07. The first-order valence-electron chi connectivity index (χ1n) is 8.01. The third-order valence-corrected chi connectivity index (χ3v) is 6.16. The molecule has 0 aromatic heterocycles. The van der Waals surface area contributed by atoms with E-state index in [1.54, 1.807) is 4.31 Å². The van der Waals surface area contributed by atoms with Gasteiger partial charge >= 0.3 is 0 Å². The monoisotopic (exact) mass is 333 g/mol. The fourth-order valence-corrected chi connectivity index (χ4v) is 4.52. The Morgan fingerprint density at radius 1 is 1.36 bits per heavy atom. The Morgan fingerprint density at radius 2 is 2.18 bits per heavy atom. The largest absolute Gasteiger partial charge is 0.384 e. The Kier molecular flexibility index (Phi) is 6.61. The fourth-order valence-electron chi connectivity index (χ4n) is 3.04. The number of nitrogens with one attached hydrogen (secondary N) is 2. The number of ether oxygens (including phenoxy) is 1. The number of methoxy groups -OCH3 is 1. The van der Waals surface area contributed by atoms with Crippen LogP contribution in [-0.2, 0) is 19.6 Å². The minimum Gasteiger partial charge on any atom is -0.384 e. The third kappa shape index (κ3) is 4.91. The van der Waals surface area contributed by atoms with Crippen molar-refractivity contribution >= 4 is 15.9 Å². The van der Waals surface area contributed by atoms with Gasteiger partial charge in [0.15, 0.2) is 0 Å². The highest BCUT2D eigenvalue weighted by atomic mass is 32.2. The van der Waals surface area contributed by atoms with Crippen LogP contribution < -0.4 is 10.6 Å². The molecular formula is C14H27N3O4S. The van der Waals surface area contributed by atoms with E-state index in [-0.39, 0.29) is 30.2 Å². The first-order chi connectivity index (χ1) is 10.5. The first kappa shape index (κ1) is 17.7. The molecule has 2 aliphatic rings. The minimum absolute atomic E-state index is 0.0224. The van der Waals surface area contributed by atoms with Crippen molar-refractivity contribution in [3.05, 3.63) is 0 Å². The Labute approximate surface area is 132 Å². The molecule has 0 bridgehead atoms. The van der Waals surface area contributed by atoms with Gasteiger partial charge in [0.1, 0.15) is 0 Å². The zero-order valence-corrected chi connectivity index (χ0v) is 14.0. The van der Waals surface area contributed by atoms with Crippen LogP contribution in [0.15, 0.2) is 0 Å². The van der Waals surface area contributed by atoms with Gasteiger partial charge in [0.2, 0.25) is 15.9 Å². The van der Waals surface area contributed by atoms with Crippen LogP contribution in [0.2, 0.25) is 0 Å². The Bertz CT molecular complexity index is 463. The summed E-state index contributed by atoms with van der Waals surface area (Å²) >= 11 is 0. The van der Waals surface area contributed by atoms with Crippen molar-refractivity contribution in [1.82, 2.24) is 14.9 Å². The van der Waals surface area contributed by atoms with Gasteiger partial charge in [-0.25, -0.2) is 12.7 Å². The van der Waals surface area contributed by atoms with E-state index in [4.69, 9.17) is 4.74 Å². The molecule has 0 aromatic rings. The fraction of sp³-hybridized carbons (Fsp3) is 0.929. The number of carbonyl (C=O) groups excluding carboxylic acids is 1. The van der Waals surface area contributed by atoms with E-state index in [9.17, 15) is 13.2 Å². The van der Waals surface area contributed by atoms with Crippen molar-refractivity contribution in [3.8, 4) is 0 Å². The van der Waals surface area contributed by atoms with Gasteiger partial charge in [0, 0.05) is 26.7 Å². The molecule has 8 heteroatoms. The Balaban J connectivity index is 1.79. The molecule has 22 heavy (non-hydrogen) atoms. The third-order valence-electron chi connectivity index (χ3n) is 4.36. The lowest BCUT2D eigenvalue weighted by atomic mass is 9.99. The van der Waals surface area contributed by atoms with E-state index in [1.165, 1.54) is 7.11 Å². The maximum Gasteiger partial charge on any atom is 0.237 e. The van der Waals surface area contributed by atoms with Crippen molar-refractivity contribution in [3.63, 3.8) is 0 Å². The standard InChI is InChI=1S/C14H27N3O4S/c1-21-8-9-22(19,20)17-7-3-4-12(11-17)10-16-14(18)13-5-2-6-15-13/h12-13,15H,2-11H2,1H3,(H,16,18). The van der Waals surface area contributed by atoms with Crippen LogP contribution in [0, 0.1) is 5.92 Å². The molecule has 7 nitrogen and oxygen atoms in total. The SMILES string of the molecule is COCCS(=O)(=O)N1CCCC(CNC(=O)C2CCCN2)C1. The molecule has 0 aromatic carbocycles. The number of rotatable bonds is 7. The van der Waals surface area contributed by atoms with Crippen LogP contribution in [0.3, 0.4) is 0 Å². The number of hydrogen-bond acceptors (Lipinski definition) is 5. The molecule has 1 amide bonds. The van der Waals surface area contributed by atoms with Crippen molar-refractivity contribution in [2.24, 2.45) is 5.92 Å². The topological polar surface area (TPSA) is 87.7 Å². The predicted molar refractivity (Wildman–Crippen MR) is 84.0 cm³/mol. The summed E-state index contributed by atoms with van der Waals surface area (Å²) in [4.78, 5) is 12.0. The van der Waals surface area contributed by atoms with E-state index in [0.29, 0.717) is 19.6 Å². The molecule has 2 fully saturated rings. The molecule has 2 rings (SSSR count). The summed E-state index contributed by atoms with van der Waals surface area (Å²) in [6.45, 7) is 2.72. The van der Waals surface area contributed by atoms with E-state index >= 15 is 0 Å². The van der Waals surface area contributed by atoms with Gasteiger partial charge in [0.05, 0.1) is 18.4 Å². The smallest absolute Gasteiger partial charge is 0.237 e. The normalized spacial score (nSPS) is 27.0. The number of carbonyl (C=O) groups is 1. The maximum atomic E-state index is 12.2. The highest BCUT2D eigenvalue weighted by Gasteiger charge is 2.29. The summed E-state index contributed by atoms with van der Waals surface area (Å²) in [6.07, 6.45) is 3.71. The zero-order valence-electron chi connectivity index (χ0n) is 13.2. The van der Waals surface area contributed by atoms with Gasteiger partial charge in [-0.05, 0) is 38.1 Å². The minimum atomic E-state index is -3.25. The molecule has 2 saturated heterocycles. The predicted octanol–water partition coefficient (Wildman–Crippen LogP) is -0.457. The number of piperidine rings is 1. The Morgan fingerprint density at radius 3 is 2.86 bits per heavy atom. The average molecular weight is 333 g/mol. The summed E-state index contributed by atoms with van der Waals surface area (Å²) in [5.74, 6) is 0.252. The summed E-state index contributed by atoms with van der Waals surface area (Å²) in [6, 6.07) is -0.0786. The second-order valence-corrected chi connectivity index (χ2v) is 8.16. The molecular weight excluding hydrogens is 306 g/mol. The maximum absolute atomic E-state index is 12.2. The molecule has 128 valence electrons. The van der Waals surface area contributed by atoms with E-state index in [2.05, 4.69) is 10.6 Å². The number of amides is 1. The molecule has 2 heterocycles. The second kappa shape index (κ2) is 8.24. The van der Waals surface area contributed by atoms with Crippen LogP contribution in [0.1, 0.15) is 25.7 Å². The van der Waals surface area contributed by atoms with Crippen molar-refractivity contribution in [2.45, 2.75) is 31.7 Å². The van der Waals surface area contributed by atoms with Gasteiger partial charge in [0.25, 0.3) is 0 Å². The van der Waals surface area contributed by atoms with Crippen LogP contribution in [0.25, 0.3) is 0 Å². The van der Waals surface area contributed by atoms with Gasteiger partial charge in [-0.2, -0.15) is 0 Å². The average Bonchev–Trinajstić information content (AvgIpc) is 3.05. The highest BCUT2D eigenvalue weighted by Crippen LogP contribution is 2.19. The number of sulfonamides is 1. The highest BCUT2D eigenvalue weighted by molar-refractivity contribution is 7.89. The van der Waals surface area contributed by atoms with Gasteiger partial charge < -0.3 is 15.4 Å². The molecule has 2 N–H and O–H groups in total. The van der Waals surface area contributed by atoms with Crippen molar-refractivity contribution < 1.29 is 17.9 Å². The van der Waals surface area contributed by atoms with Crippen LogP contribution in [-0.4, -0.2) is 70.3 Å². The van der Waals surface area contributed by atoms with Crippen LogP contribution in [0.5, 0.6) is 0 Å². The number of hydrogen-bond donors (Lipinski definition) is 2. The lowest BCUT2D eigenvalue weighted by Crippen LogP contribution is -2.47. The molecule has 0 aliphatic carbocycles. The molecule has 0 saturated carbocycles. The van der Waals surface area contributed by atoms with E-state index < -0.39 is 10.0 Å². The quantitative estimate of drug-likeness (QED) is 0.658. The van der Waals surface area contributed by atoms with Gasteiger partial charge in [-0.3, -0.25) is 4.79 Å². The van der Waals surface area contributed by atoms with Gasteiger partial charge in [-0.1, -0.05) is 0 Å². The zero-order chi connectivity index (χ0) is 16.0. The molecule has 0 spiro atoms. The van der Waals surface area contributed by atoms with Crippen molar-refractivity contribution in [2.75, 3.05) is 45.6 Å². The van der Waals surface area contributed by atoms with Crippen LogP contribution >= 0.6 is 0 Å². The van der Waals surface area contributed by atoms with E-state index in [1.807, 2.05) is 0 Å². The summed E-state index contributed by atoms with van der Waals surface area (Å²) in [7, 11) is -1.75. The summed E-state index contributed by atoms with van der Waals surface area (Å²) in [5, 5.41) is 6.13. The number of nitrogens with zero attached hydrogens (tertiary/aromatic N) is 1. The first-order valence-corrected chi connectivity index (χ1v) is 9.61.